The summed E-state index contributed by atoms with van der Waals surface area (Å²) in [6.07, 6.45) is 4.53. The second kappa shape index (κ2) is 6.71. The minimum absolute atomic E-state index is 0.0895. The molecule has 0 unspecified atom stereocenters. The van der Waals surface area contributed by atoms with Crippen LogP contribution < -0.4 is 0 Å². The molecule has 0 N–H and O–H groups in total. The Kier molecular flexibility index (Phi) is 4.66. The maximum atomic E-state index is 12.8. The first-order chi connectivity index (χ1) is 11.1. The molecule has 2 aromatic rings. The third-order valence-electron chi connectivity index (χ3n) is 4.41. The average Bonchev–Trinajstić information content (AvgIpc) is 3.19. The standard InChI is InChI=1S/C17H21ClN4O/c1-3-21(13-8-4-5-9-13)17(23)16-19-12(2)22(20-16)15-11-7-6-10-14(15)18/h6-7,10-11,13H,3-5,8-9H2,1-2H3. The molecule has 23 heavy (non-hydrogen) atoms. The Bertz CT molecular complexity index is 706. The summed E-state index contributed by atoms with van der Waals surface area (Å²) in [5.74, 6) is 0.813. The van der Waals surface area contributed by atoms with E-state index in [4.69, 9.17) is 11.6 Å². The first kappa shape index (κ1) is 16.0. The summed E-state index contributed by atoms with van der Waals surface area (Å²) >= 11 is 6.23. The van der Waals surface area contributed by atoms with Gasteiger partial charge in [-0.3, -0.25) is 4.79 Å². The highest BCUT2D eigenvalue weighted by Gasteiger charge is 2.29. The van der Waals surface area contributed by atoms with Gasteiger partial charge in [0, 0.05) is 12.6 Å². The fourth-order valence-electron chi connectivity index (χ4n) is 3.24. The van der Waals surface area contributed by atoms with Crippen molar-refractivity contribution in [3.63, 3.8) is 0 Å². The van der Waals surface area contributed by atoms with Crippen molar-refractivity contribution in [2.45, 2.75) is 45.6 Å². The first-order valence-corrected chi connectivity index (χ1v) is 8.49. The Balaban J connectivity index is 1.90. The third kappa shape index (κ3) is 3.11. The molecule has 5 nitrogen and oxygen atoms in total. The van der Waals surface area contributed by atoms with Gasteiger partial charge in [-0.05, 0) is 38.8 Å². The van der Waals surface area contributed by atoms with Gasteiger partial charge in [-0.25, -0.2) is 9.67 Å². The zero-order valence-corrected chi connectivity index (χ0v) is 14.3. The molecule has 1 fully saturated rings. The van der Waals surface area contributed by atoms with Crippen molar-refractivity contribution in [3.05, 3.63) is 40.9 Å². The highest BCUT2D eigenvalue weighted by atomic mass is 35.5. The largest absolute Gasteiger partial charge is 0.333 e. The number of carbonyl (C=O) groups is 1. The van der Waals surface area contributed by atoms with Gasteiger partial charge < -0.3 is 4.90 Å². The quantitative estimate of drug-likeness (QED) is 0.859. The summed E-state index contributed by atoms with van der Waals surface area (Å²) in [7, 11) is 0. The molecule has 3 rings (SSSR count). The Labute approximate surface area is 141 Å². The predicted octanol–water partition coefficient (Wildman–Crippen LogP) is 3.63. The number of hydrogen-bond donors (Lipinski definition) is 0. The van der Waals surface area contributed by atoms with Crippen molar-refractivity contribution in [1.29, 1.82) is 0 Å². The van der Waals surface area contributed by atoms with Crippen LogP contribution in [0.5, 0.6) is 0 Å². The van der Waals surface area contributed by atoms with Gasteiger partial charge in [-0.15, -0.1) is 5.10 Å². The van der Waals surface area contributed by atoms with E-state index in [0.29, 0.717) is 23.4 Å². The normalized spacial score (nSPS) is 15.1. The molecule has 0 radical (unpaired) electrons. The van der Waals surface area contributed by atoms with Crippen molar-refractivity contribution in [2.75, 3.05) is 6.54 Å². The minimum atomic E-state index is -0.0895. The van der Waals surface area contributed by atoms with Gasteiger partial charge in [-0.2, -0.15) is 0 Å². The summed E-state index contributed by atoms with van der Waals surface area (Å²) in [6, 6.07) is 7.74. The van der Waals surface area contributed by atoms with Gasteiger partial charge in [0.2, 0.25) is 5.82 Å². The monoisotopic (exact) mass is 332 g/mol. The molecule has 1 saturated carbocycles. The molecule has 1 aliphatic rings. The second-order valence-corrected chi connectivity index (χ2v) is 6.28. The number of hydrogen-bond acceptors (Lipinski definition) is 3. The van der Waals surface area contributed by atoms with Gasteiger partial charge in [0.1, 0.15) is 5.82 Å². The molecule has 0 atom stereocenters. The molecule has 0 aliphatic heterocycles. The van der Waals surface area contributed by atoms with Crippen LogP contribution >= 0.6 is 11.6 Å². The number of aromatic nitrogens is 3. The van der Waals surface area contributed by atoms with Crippen LogP contribution in [0.1, 0.15) is 49.1 Å². The highest BCUT2D eigenvalue weighted by molar-refractivity contribution is 6.32. The minimum Gasteiger partial charge on any atom is -0.333 e. The molecular formula is C17H21ClN4O. The van der Waals surface area contributed by atoms with E-state index in [9.17, 15) is 4.79 Å². The van der Waals surface area contributed by atoms with Crippen LogP contribution in [0.25, 0.3) is 5.69 Å². The molecular weight excluding hydrogens is 312 g/mol. The molecule has 1 amide bonds. The number of carbonyl (C=O) groups excluding carboxylic acids is 1. The summed E-state index contributed by atoms with van der Waals surface area (Å²) in [5, 5.41) is 5.00. The SMILES string of the molecule is CCN(C(=O)c1nc(C)n(-c2ccccc2Cl)n1)C1CCCC1. The number of rotatable bonds is 4. The topological polar surface area (TPSA) is 51.0 Å². The fourth-order valence-corrected chi connectivity index (χ4v) is 3.46. The number of aryl methyl sites for hydroxylation is 1. The van der Waals surface area contributed by atoms with Crippen molar-refractivity contribution >= 4 is 17.5 Å². The van der Waals surface area contributed by atoms with Crippen molar-refractivity contribution in [3.8, 4) is 5.69 Å². The van der Waals surface area contributed by atoms with E-state index < -0.39 is 0 Å². The number of halogens is 1. The Morgan fingerprint density at radius 2 is 2.04 bits per heavy atom. The summed E-state index contributed by atoms with van der Waals surface area (Å²) in [4.78, 5) is 19.1. The Morgan fingerprint density at radius 1 is 1.35 bits per heavy atom. The second-order valence-electron chi connectivity index (χ2n) is 5.88. The predicted molar refractivity (Wildman–Crippen MR) is 90.1 cm³/mol. The molecule has 0 saturated heterocycles. The van der Waals surface area contributed by atoms with E-state index in [-0.39, 0.29) is 11.7 Å². The molecule has 1 heterocycles. The van der Waals surface area contributed by atoms with Gasteiger partial charge >= 0.3 is 0 Å². The van der Waals surface area contributed by atoms with Crippen LogP contribution in [0.2, 0.25) is 5.02 Å². The molecule has 0 spiro atoms. The summed E-state index contributed by atoms with van der Waals surface area (Å²) in [5.41, 5.74) is 0.738. The lowest BCUT2D eigenvalue weighted by atomic mass is 10.2. The van der Waals surface area contributed by atoms with Gasteiger partial charge in [0.05, 0.1) is 10.7 Å². The fraction of sp³-hybridized carbons (Fsp3) is 0.471. The van der Waals surface area contributed by atoms with E-state index in [1.54, 1.807) is 10.7 Å². The zero-order valence-electron chi connectivity index (χ0n) is 13.5. The average molecular weight is 333 g/mol. The maximum Gasteiger partial charge on any atom is 0.293 e. The van der Waals surface area contributed by atoms with Gasteiger partial charge in [0.15, 0.2) is 0 Å². The van der Waals surface area contributed by atoms with E-state index in [0.717, 1.165) is 18.5 Å². The Morgan fingerprint density at radius 3 is 2.70 bits per heavy atom. The van der Waals surface area contributed by atoms with E-state index in [1.807, 2.05) is 36.9 Å². The molecule has 1 aromatic heterocycles. The summed E-state index contributed by atoms with van der Waals surface area (Å²) < 4.78 is 1.64. The lowest BCUT2D eigenvalue weighted by Gasteiger charge is -2.26. The number of amides is 1. The molecule has 1 aromatic carbocycles. The third-order valence-corrected chi connectivity index (χ3v) is 4.73. The van der Waals surface area contributed by atoms with Crippen molar-refractivity contribution in [1.82, 2.24) is 19.7 Å². The lowest BCUT2D eigenvalue weighted by molar-refractivity contribution is 0.0681. The van der Waals surface area contributed by atoms with Crippen LogP contribution in [0.4, 0.5) is 0 Å². The van der Waals surface area contributed by atoms with Crippen LogP contribution in [0, 0.1) is 6.92 Å². The number of benzene rings is 1. The maximum absolute atomic E-state index is 12.8. The molecule has 1 aliphatic carbocycles. The molecule has 0 bridgehead atoms. The Hall–Kier alpha value is -1.88. The van der Waals surface area contributed by atoms with Crippen LogP contribution in [-0.2, 0) is 0 Å². The highest BCUT2D eigenvalue weighted by Crippen LogP contribution is 2.25. The molecule has 122 valence electrons. The van der Waals surface area contributed by atoms with Gasteiger partial charge in [-0.1, -0.05) is 36.6 Å². The van der Waals surface area contributed by atoms with E-state index in [2.05, 4.69) is 10.1 Å². The zero-order chi connectivity index (χ0) is 16.4. The first-order valence-electron chi connectivity index (χ1n) is 8.11. The molecule has 6 heteroatoms. The van der Waals surface area contributed by atoms with Crippen LogP contribution in [0.3, 0.4) is 0 Å². The van der Waals surface area contributed by atoms with Crippen molar-refractivity contribution in [2.24, 2.45) is 0 Å². The summed E-state index contributed by atoms with van der Waals surface area (Å²) in [6.45, 7) is 4.52. The van der Waals surface area contributed by atoms with E-state index >= 15 is 0 Å². The smallest absolute Gasteiger partial charge is 0.293 e. The number of para-hydroxylation sites is 1. The lowest BCUT2D eigenvalue weighted by Crippen LogP contribution is -2.39. The van der Waals surface area contributed by atoms with Crippen LogP contribution in [0.15, 0.2) is 24.3 Å². The van der Waals surface area contributed by atoms with Crippen LogP contribution in [-0.4, -0.2) is 38.2 Å². The van der Waals surface area contributed by atoms with E-state index in [1.165, 1.54) is 12.8 Å². The van der Waals surface area contributed by atoms with Gasteiger partial charge in [0.25, 0.3) is 5.91 Å². The number of nitrogens with zero attached hydrogens (tertiary/aromatic N) is 4. The van der Waals surface area contributed by atoms with Crippen molar-refractivity contribution < 1.29 is 4.79 Å².